The molecule has 1 amide bonds. The number of hydrogen-bond donors (Lipinski definition) is 2. The van der Waals surface area contributed by atoms with Crippen molar-refractivity contribution in [3.8, 4) is 5.75 Å². The number of nitrogens with one attached hydrogen (secondary N) is 1. The lowest BCUT2D eigenvalue weighted by atomic mass is 9.98. The summed E-state index contributed by atoms with van der Waals surface area (Å²) in [5, 5.41) is 3.37. The second kappa shape index (κ2) is 6.15. The van der Waals surface area contributed by atoms with Crippen LogP contribution in [-0.4, -0.2) is 5.91 Å². The van der Waals surface area contributed by atoms with Gasteiger partial charge in [0.1, 0.15) is 0 Å². The number of ether oxygens (including phenoxy) is 1. The van der Waals surface area contributed by atoms with Gasteiger partial charge in [-0.2, -0.15) is 0 Å². The summed E-state index contributed by atoms with van der Waals surface area (Å²) >= 11 is 0. The highest BCUT2D eigenvalue weighted by molar-refractivity contribution is 5.81. The number of halogens is 1. The van der Waals surface area contributed by atoms with Crippen LogP contribution in [0.1, 0.15) is 22.7 Å². The first-order valence-corrected chi connectivity index (χ1v) is 7.02. The molecule has 113 valence electrons. The highest BCUT2D eigenvalue weighted by atomic mass is 19.1. The summed E-state index contributed by atoms with van der Waals surface area (Å²) in [6.07, 6.45) is 0.804. The Kier molecular flexibility index (Phi) is 4.06. The molecule has 1 aliphatic rings. The summed E-state index contributed by atoms with van der Waals surface area (Å²) in [5.41, 5.74) is 8.07. The number of hydrogen-bond acceptors (Lipinski definition) is 3. The molecule has 1 heterocycles. The molecule has 0 fully saturated rings. The Hall–Kier alpha value is -2.40. The Morgan fingerprint density at radius 3 is 2.86 bits per heavy atom. The van der Waals surface area contributed by atoms with Crippen molar-refractivity contribution >= 4 is 5.91 Å². The van der Waals surface area contributed by atoms with Crippen molar-refractivity contribution in [2.24, 2.45) is 5.73 Å². The van der Waals surface area contributed by atoms with Gasteiger partial charge in [-0.1, -0.05) is 30.3 Å². The number of nitrogens with two attached hydrogens (primary N) is 1. The van der Waals surface area contributed by atoms with Crippen LogP contribution >= 0.6 is 0 Å². The molecule has 22 heavy (non-hydrogen) atoms. The topological polar surface area (TPSA) is 64.4 Å². The van der Waals surface area contributed by atoms with Gasteiger partial charge in [0.15, 0.2) is 11.6 Å². The molecule has 0 saturated heterocycles. The van der Waals surface area contributed by atoms with Gasteiger partial charge >= 0.3 is 0 Å². The molecule has 3 rings (SSSR count). The van der Waals surface area contributed by atoms with Crippen molar-refractivity contribution in [3.63, 3.8) is 0 Å². The quantitative estimate of drug-likeness (QED) is 0.890. The molecule has 3 N–H and O–H groups in total. The first-order valence-electron chi connectivity index (χ1n) is 7.02. The molecule has 5 heteroatoms. The standard InChI is InChI=1S/C17H16FN2O2/c18-14-7-12-9-20-15(6-11-4-2-1-3-5-11)13(12)8-16(14)22-10-17(19)21/h1-5,7-8,10,15,20H,6,9H2,(H2,19,21). The number of rotatable bonds is 5. The third-order valence-corrected chi connectivity index (χ3v) is 3.69. The van der Waals surface area contributed by atoms with Crippen molar-refractivity contribution in [1.82, 2.24) is 5.32 Å². The van der Waals surface area contributed by atoms with E-state index in [4.69, 9.17) is 10.5 Å². The zero-order chi connectivity index (χ0) is 15.5. The Labute approximate surface area is 128 Å². The van der Waals surface area contributed by atoms with E-state index in [0.717, 1.165) is 24.2 Å². The fourth-order valence-corrected chi connectivity index (χ4v) is 2.67. The third-order valence-electron chi connectivity index (χ3n) is 3.69. The lowest BCUT2D eigenvalue weighted by molar-refractivity contribution is -0.117. The van der Waals surface area contributed by atoms with Gasteiger partial charge in [0, 0.05) is 12.6 Å². The molecular weight excluding hydrogens is 283 g/mol. The van der Waals surface area contributed by atoms with Gasteiger partial charge in [-0.3, -0.25) is 4.79 Å². The Balaban J connectivity index is 1.82. The molecular formula is C17H16FN2O2. The number of primary amides is 1. The van der Waals surface area contributed by atoms with Crippen LogP contribution in [0.2, 0.25) is 0 Å². The van der Waals surface area contributed by atoms with Crippen molar-refractivity contribution in [2.45, 2.75) is 19.0 Å². The SMILES string of the molecule is NC(=O)[CH]Oc1cc2c(cc1F)CNC2Cc1ccccc1. The maximum absolute atomic E-state index is 13.9. The average Bonchev–Trinajstić information content (AvgIpc) is 2.88. The fourth-order valence-electron chi connectivity index (χ4n) is 2.67. The smallest absolute Gasteiger partial charge is 0.263 e. The second-order valence-corrected chi connectivity index (χ2v) is 5.24. The Bertz CT molecular complexity index is 689. The predicted octanol–water partition coefficient (Wildman–Crippen LogP) is 2.24. The highest BCUT2D eigenvalue weighted by Gasteiger charge is 2.24. The number of carbonyl (C=O) groups is 1. The third kappa shape index (κ3) is 3.09. The van der Waals surface area contributed by atoms with E-state index in [1.165, 1.54) is 11.6 Å². The van der Waals surface area contributed by atoms with Crippen LogP contribution in [0.3, 0.4) is 0 Å². The van der Waals surface area contributed by atoms with Gasteiger partial charge in [-0.15, -0.1) is 0 Å². The molecule has 0 saturated carbocycles. The summed E-state index contributed by atoms with van der Waals surface area (Å²) in [4.78, 5) is 10.7. The molecule has 0 spiro atoms. The Morgan fingerprint density at radius 1 is 1.36 bits per heavy atom. The molecule has 2 aromatic rings. The zero-order valence-electron chi connectivity index (χ0n) is 11.9. The summed E-state index contributed by atoms with van der Waals surface area (Å²) in [6, 6.07) is 13.2. The number of benzene rings is 2. The van der Waals surface area contributed by atoms with Crippen LogP contribution < -0.4 is 15.8 Å². The van der Waals surface area contributed by atoms with Crippen LogP contribution in [0.4, 0.5) is 4.39 Å². The lowest BCUT2D eigenvalue weighted by Crippen LogP contribution is -2.15. The monoisotopic (exact) mass is 299 g/mol. The molecule has 0 aliphatic carbocycles. The number of carbonyl (C=O) groups excluding carboxylic acids is 1. The van der Waals surface area contributed by atoms with Crippen LogP contribution in [0, 0.1) is 12.4 Å². The number of fused-ring (bicyclic) bond motifs is 1. The van der Waals surface area contributed by atoms with Crippen LogP contribution in [-0.2, 0) is 17.8 Å². The first kappa shape index (κ1) is 14.5. The minimum Gasteiger partial charge on any atom is -0.473 e. The van der Waals surface area contributed by atoms with Crippen molar-refractivity contribution in [3.05, 3.63) is 71.6 Å². The molecule has 4 nitrogen and oxygen atoms in total. The Morgan fingerprint density at radius 2 is 2.14 bits per heavy atom. The second-order valence-electron chi connectivity index (χ2n) is 5.24. The zero-order valence-corrected chi connectivity index (χ0v) is 11.9. The van der Waals surface area contributed by atoms with E-state index >= 15 is 0 Å². The summed E-state index contributed by atoms with van der Waals surface area (Å²) < 4.78 is 18.9. The van der Waals surface area contributed by atoms with E-state index in [1.54, 1.807) is 6.07 Å². The van der Waals surface area contributed by atoms with Crippen molar-refractivity contribution < 1.29 is 13.9 Å². The minimum absolute atomic E-state index is 0.0133. The van der Waals surface area contributed by atoms with Crippen molar-refractivity contribution in [1.29, 1.82) is 0 Å². The fraction of sp³-hybridized carbons (Fsp3) is 0.176. The molecule has 0 aromatic heterocycles. The van der Waals surface area contributed by atoms with Gasteiger partial charge in [0.05, 0.1) is 0 Å². The molecule has 1 unspecified atom stereocenters. The van der Waals surface area contributed by atoms with Gasteiger partial charge in [0.2, 0.25) is 6.61 Å². The number of amides is 1. The molecule has 1 aliphatic heterocycles. The summed E-state index contributed by atoms with van der Waals surface area (Å²) in [5.74, 6) is -1.24. The van der Waals surface area contributed by atoms with Gasteiger partial charge in [0.25, 0.3) is 5.91 Å². The lowest BCUT2D eigenvalue weighted by Gasteiger charge is -2.14. The maximum atomic E-state index is 13.9. The summed E-state index contributed by atoms with van der Waals surface area (Å²) in [7, 11) is 0. The van der Waals surface area contributed by atoms with Crippen LogP contribution in [0.5, 0.6) is 5.75 Å². The largest absolute Gasteiger partial charge is 0.473 e. The van der Waals surface area contributed by atoms with Crippen molar-refractivity contribution in [2.75, 3.05) is 0 Å². The average molecular weight is 299 g/mol. The van der Waals surface area contributed by atoms with E-state index in [-0.39, 0.29) is 11.8 Å². The van der Waals surface area contributed by atoms with Gasteiger partial charge < -0.3 is 15.8 Å². The van der Waals surface area contributed by atoms with E-state index < -0.39 is 11.7 Å². The molecule has 2 aromatic carbocycles. The van der Waals surface area contributed by atoms with E-state index in [9.17, 15) is 9.18 Å². The molecule has 1 atom stereocenters. The minimum atomic E-state index is -0.751. The van der Waals surface area contributed by atoms with E-state index in [0.29, 0.717) is 6.54 Å². The normalized spacial score (nSPS) is 16.3. The molecule has 1 radical (unpaired) electrons. The highest BCUT2D eigenvalue weighted by Crippen LogP contribution is 2.33. The van der Waals surface area contributed by atoms with Gasteiger partial charge in [-0.05, 0) is 35.2 Å². The summed E-state index contributed by atoms with van der Waals surface area (Å²) in [6.45, 7) is 1.42. The van der Waals surface area contributed by atoms with E-state index in [1.807, 2.05) is 18.2 Å². The van der Waals surface area contributed by atoms with Gasteiger partial charge in [-0.25, -0.2) is 4.39 Å². The first-order chi connectivity index (χ1) is 10.6. The predicted molar refractivity (Wildman–Crippen MR) is 80.2 cm³/mol. The van der Waals surface area contributed by atoms with Crippen LogP contribution in [0.15, 0.2) is 42.5 Å². The molecule has 0 bridgehead atoms. The van der Waals surface area contributed by atoms with E-state index in [2.05, 4.69) is 17.4 Å². The van der Waals surface area contributed by atoms with Crippen LogP contribution in [0.25, 0.3) is 0 Å². The maximum Gasteiger partial charge on any atom is 0.263 e.